The highest BCUT2D eigenvalue weighted by Crippen LogP contribution is 2.44. The summed E-state index contributed by atoms with van der Waals surface area (Å²) in [5, 5.41) is 23.1. The van der Waals surface area contributed by atoms with Crippen LogP contribution in [0.3, 0.4) is 0 Å². The molecule has 0 saturated carbocycles. The Hall–Kier alpha value is -4.92. The van der Waals surface area contributed by atoms with E-state index in [0.29, 0.717) is 11.5 Å². The van der Waals surface area contributed by atoms with Crippen molar-refractivity contribution in [2.24, 2.45) is 0 Å². The molecule has 0 atom stereocenters. The quantitative estimate of drug-likeness (QED) is 0.166. The van der Waals surface area contributed by atoms with Crippen molar-refractivity contribution in [3.63, 3.8) is 0 Å². The third kappa shape index (κ3) is 5.98. The molecule has 0 bridgehead atoms. The highest BCUT2D eigenvalue weighted by molar-refractivity contribution is 5.58. The van der Waals surface area contributed by atoms with Crippen molar-refractivity contribution in [1.29, 1.82) is 0 Å². The molecule has 4 aromatic rings. The fourth-order valence-electron chi connectivity index (χ4n) is 4.54. The van der Waals surface area contributed by atoms with Gasteiger partial charge in [0.15, 0.2) is 23.0 Å². The maximum absolute atomic E-state index is 11.5. The number of aryl methyl sites for hydroxylation is 6. The van der Waals surface area contributed by atoms with Crippen molar-refractivity contribution in [3.05, 3.63) is 114 Å². The number of ether oxygens (including phenoxy) is 3. The Morgan fingerprint density at radius 3 is 1.13 bits per heavy atom. The van der Waals surface area contributed by atoms with E-state index in [-0.39, 0.29) is 34.4 Å². The van der Waals surface area contributed by atoms with Crippen molar-refractivity contribution in [3.8, 4) is 34.5 Å². The highest BCUT2D eigenvalue weighted by atomic mass is 16.6. The van der Waals surface area contributed by atoms with Gasteiger partial charge in [-0.2, -0.15) is 0 Å². The number of benzene rings is 4. The predicted molar refractivity (Wildman–Crippen MR) is 148 cm³/mol. The van der Waals surface area contributed by atoms with Crippen LogP contribution in [0.5, 0.6) is 34.5 Å². The molecular formula is C30H28N2O7. The Labute approximate surface area is 225 Å². The molecule has 9 nitrogen and oxygen atoms in total. The zero-order valence-corrected chi connectivity index (χ0v) is 22.5. The molecule has 0 aliphatic heterocycles. The molecule has 4 rings (SSSR count). The SMILES string of the molecule is Cc1cc(C)c(Oc2cc([N+](=O)[O-])ccc2Oc2ccc([N+](=O)[O-])cc2Oc2c(C)cc(C)cc2C)c(C)c1. The number of hydrogen-bond donors (Lipinski definition) is 0. The zero-order chi connectivity index (χ0) is 28.4. The van der Waals surface area contributed by atoms with Crippen molar-refractivity contribution in [1.82, 2.24) is 0 Å². The van der Waals surface area contributed by atoms with E-state index < -0.39 is 9.85 Å². The van der Waals surface area contributed by atoms with Gasteiger partial charge in [0.2, 0.25) is 0 Å². The lowest BCUT2D eigenvalue weighted by Crippen LogP contribution is -1.99. The van der Waals surface area contributed by atoms with Gasteiger partial charge in [-0.05, 0) is 75.9 Å². The molecule has 0 saturated heterocycles. The second-order valence-electron chi connectivity index (χ2n) is 9.54. The van der Waals surface area contributed by atoms with Crippen LogP contribution in [0.15, 0.2) is 60.7 Å². The van der Waals surface area contributed by atoms with E-state index in [1.807, 2.05) is 65.8 Å². The maximum Gasteiger partial charge on any atom is 0.273 e. The molecule has 9 heteroatoms. The molecule has 0 N–H and O–H groups in total. The topological polar surface area (TPSA) is 114 Å². The van der Waals surface area contributed by atoms with Crippen LogP contribution in [-0.4, -0.2) is 9.85 Å². The third-order valence-corrected chi connectivity index (χ3v) is 6.13. The molecule has 0 aromatic heterocycles. The lowest BCUT2D eigenvalue weighted by molar-refractivity contribution is -0.385. The molecule has 0 unspecified atom stereocenters. The van der Waals surface area contributed by atoms with E-state index >= 15 is 0 Å². The van der Waals surface area contributed by atoms with Gasteiger partial charge in [-0.15, -0.1) is 0 Å². The van der Waals surface area contributed by atoms with Gasteiger partial charge in [-0.25, -0.2) is 0 Å². The fraction of sp³-hybridized carbons (Fsp3) is 0.200. The van der Waals surface area contributed by atoms with Gasteiger partial charge in [0.1, 0.15) is 11.5 Å². The van der Waals surface area contributed by atoms with Crippen LogP contribution in [0.25, 0.3) is 0 Å². The van der Waals surface area contributed by atoms with Crippen molar-refractivity contribution in [2.75, 3.05) is 0 Å². The average Bonchev–Trinajstić information content (AvgIpc) is 2.84. The van der Waals surface area contributed by atoms with Crippen LogP contribution in [0.4, 0.5) is 11.4 Å². The van der Waals surface area contributed by atoms with E-state index in [1.54, 1.807) is 0 Å². The van der Waals surface area contributed by atoms with Gasteiger partial charge in [-0.3, -0.25) is 20.2 Å². The highest BCUT2D eigenvalue weighted by Gasteiger charge is 2.21. The third-order valence-electron chi connectivity index (χ3n) is 6.13. The standard InChI is InChI=1S/C30H28N2O7/c1-17-11-19(3)29(20(4)12-17)38-27-15-23(31(33)34)7-9-25(27)37-26-10-8-24(32(35)36)16-28(26)39-30-21(5)13-18(2)14-22(30)6/h7-16H,1-6H3. The Morgan fingerprint density at radius 2 is 0.821 bits per heavy atom. The minimum absolute atomic E-state index is 0.117. The molecule has 0 aliphatic rings. The summed E-state index contributed by atoms with van der Waals surface area (Å²) in [7, 11) is 0. The molecule has 0 radical (unpaired) electrons. The van der Waals surface area contributed by atoms with Crippen LogP contribution in [-0.2, 0) is 0 Å². The number of nitro groups is 2. The second-order valence-corrected chi connectivity index (χ2v) is 9.54. The lowest BCUT2D eigenvalue weighted by Gasteiger charge is -2.18. The van der Waals surface area contributed by atoms with Crippen molar-refractivity contribution in [2.45, 2.75) is 41.5 Å². The molecule has 0 spiro atoms. The first kappa shape index (κ1) is 27.1. The van der Waals surface area contributed by atoms with Crippen LogP contribution >= 0.6 is 0 Å². The fourth-order valence-corrected chi connectivity index (χ4v) is 4.54. The van der Waals surface area contributed by atoms with E-state index in [0.717, 1.165) is 33.4 Å². The summed E-state index contributed by atoms with van der Waals surface area (Å²) < 4.78 is 18.5. The molecule has 0 amide bonds. The van der Waals surface area contributed by atoms with Gasteiger partial charge in [-0.1, -0.05) is 35.4 Å². The van der Waals surface area contributed by atoms with Crippen LogP contribution in [0, 0.1) is 61.8 Å². The predicted octanol–water partition coefficient (Wildman–Crippen LogP) is 8.73. The first-order valence-corrected chi connectivity index (χ1v) is 12.2. The van der Waals surface area contributed by atoms with Crippen molar-refractivity contribution < 1.29 is 24.1 Å². The number of non-ortho nitro benzene ring substituents is 2. The molecule has 200 valence electrons. The van der Waals surface area contributed by atoms with E-state index in [1.165, 1.54) is 36.4 Å². The largest absolute Gasteiger partial charge is 0.453 e. The van der Waals surface area contributed by atoms with Gasteiger partial charge < -0.3 is 14.2 Å². The van der Waals surface area contributed by atoms with Gasteiger partial charge in [0, 0.05) is 12.1 Å². The van der Waals surface area contributed by atoms with Crippen LogP contribution < -0.4 is 14.2 Å². The Balaban J connectivity index is 1.80. The minimum Gasteiger partial charge on any atom is -0.453 e. The number of hydrogen-bond acceptors (Lipinski definition) is 7. The Kier molecular flexibility index (Phi) is 7.53. The zero-order valence-electron chi connectivity index (χ0n) is 22.5. The molecule has 0 heterocycles. The summed E-state index contributed by atoms with van der Waals surface area (Å²) in [6.45, 7) is 11.5. The first-order valence-electron chi connectivity index (χ1n) is 12.2. The smallest absolute Gasteiger partial charge is 0.273 e. The lowest BCUT2D eigenvalue weighted by atomic mass is 10.1. The second kappa shape index (κ2) is 10.8. The summed E-state index contributed by atoms with van der Waals surface area (Å²) in [5.41, 5.74) is 5.19. The summed E-state index contributed by atoms with van der Waals surface area (Å²) >= 11 is 0. The number of nitrogens with zero attached hydrogens (tertiary/aromatic N) is 2. The van der Waals surface area contributed by atoms with E-state index in [2.05, 4.69) is 0 Å². The Morgan fingerprint density at radius 1 is 0.487 bits per heavy atom. The van der Waals surface area contributed by atoms with Crippen molar-refractivity contribution >= 4 is 11.4 Å². The maximum atomic E-state index is 11.5. The molecule has 0 aliphatic carbocycles. The summed E-state index contributed by atoms with van der Waals surface area (Å²) in [4.78, 5) is 22.0. The molecule has 0 fully saturated rings. The van der Waals surface area contributed by atoms with E-state index in [4.69, 9.17) is 14.2 Å². The average molecular weight is 529 g/mol. The van der Waals surface area contributed by atoms with E-state index in [9.17, 15) is 20.2 Å². The molecule has 4 aromatic carbocycles. The number of nitro benzene ring substituents is 2. The van der Waals surface area contributed by atoms with Gasteiger partial charge in [0.05, 0.1) is 22.0 Å². The van der Waals surface area contributed by atoms with Crippen LogP contribution in [0.2, 0.25) is 0 Å². The van der Waals surface area contributed by atoms with Gasteiger partial charge in [0.25, 0.3) is 11.4 Å². The minimum atomic E-state index is -0.519. The summed E-state index contributed by atoms with van der Waals surface area (Å²) in [6.07, 6.45) is 0. The summed E-state index contributed by atoms with van der Waals surface area (Å²) in [6, 6.07) is 15.9. The normalized spacial score (nSPS) is 10.7. The number of rotatable bonds is 8. The monoisotopic (exact) mass is 528 g/mol. The molecular weight excluding hydrogens is 500 g/mol. The Bertz CT molecular complexity index is 1450. The summed E-state index contributed by atoms with van der Waals surface area (Å²) in [5.74, 6) is 1.69. The molecule has 39 heavy (non-hydrogen) atoms. The van der Waals surface area contributed by atoms with Crippen LogP contribution in [0.1, 0.15) is 33.4 Å². The first-order chi connectivity index (χ1) is 18.4. The van der Waals surface area contributed by atoms with Gasteiger partial charge >= 0.3 is 0 Å².